The molecule has 5 N–H and O–H groups in total. The summed E-state index contributed by atoms with van der Waals surface area (Å²) in [5.74, 6) is 1.69. The molecule has 10 heteroatoms. The van der Waals surface area contributed by atoms with E-state index in [9.17, 15) is 0 Å². The fourth-order valence-corrected chi connectivity index (χ4v) is 6.50. The van der Waals surface area contributed by atoms with E-state index in [1.807, 2.05) is 30.3 Å². The Balaban J connectivity index is 0.000000211. The molecule has 2 aromatic carbocycles. The van der Waals surface area contributed by atoms with Crippen molar-refractivity contribution in [2.75, 3.05) is 36.8 Å². The third-order valence-corrected chi connectivity index (χ3v) is 8.35. The minimum absolute atomic E-state index is 0. The number of halogens is 1. The second kappa shape index (κ2) is 12.2. The third-order valence-electron chi connectivity index (χ3n) is 6.42. The number of hydrogen-bond donors (Lipinski definition) is 4. The van der Waals surface area contributed by atoms with Gasteiger partial charge in [-0.05, 0) is 50.2 Å². The van der Waals surface area contributed by atoms with Crippen molar-refractivity contribution in [2.45, 2.75) is 21.3 Å². The molecule has 0 aliphatic carbocycles. The van der Waals surface area contributed by atoms with E-state index in [0.717, 1.165) is 65.3 Å². The first-order chi connectivity index (χ1) is 18.0. The van der Waals surface area contributed by atoms with E-state index >= 15 is 0 Å². The van der Waals surface area contributed by atoms with E-state index in [4.69, 9.17) is 10.7 Å². The van der Waals surface area contributed by atoms with Gasteiger partial charge in [0, 0.05) is 37.4 Å². The Bertz CT molecular complexity index is 1520. The number of nitrogens with zero attached hydrogens (tertiary/aromatic N) is 3. The smallest absolute Gasteiger partial charge is 0.139 e. The minimum atomic E-state index is 0. The maximum atomic E-state index is 5.99. The second-order valence-corrected chi connectivity index (χ2v) is 11.7. The first-order valence-electron chi connectivity index (χ1n) is 12.4. The van der Waals surface area contributed by atoms with Gasteiger partial charge in [-0.2, -0.15) is 0 Å². The molecule has 1 fully saturated rings. The Morgan fingerprint density at radius 2 is 1.31 bits per heavy atom. The Morgan fingerprint density at radius 1 is 0.795 bits per heavy atom. The standard InChI is InChI=1S/C16H18N4S.C12H11N3S.CH4.ClH.H2/c1-11-10-12-15(20-8-6-17-7-9-20)18-13-4-2-3-5-14(13)19-16(12)21-11;1-7-6-8-11(13)14-9-4-2-3-5-10(9)15-12(8)16-7;;;/h2-5,10,17,19H,6-9H2,1H3;2-6,15H,1H3,(H2,13,14);1H4;2*1H/i;;;;1+1. The second-order valence-electron chi connectivity index (χ2n) is 9.15. The average Bonchev–Trinajstić information content (AvgIpc) is 3.38. The van der Waals surface area contributed by atoms with Crippen LogP contribution in [0.1, 0.15) is 29.7 Å². The lowest BCUT2D eigenvalue weighted by atomic mass is 10.2. The van der Waals surface area contributed by atoms with Gasteiger partial charge in [0.1, 0.15) is 21.7 Å². The molecular weight excluding hydrogens is 546 g/mol. The first kappa shape index (κ1) is 28.6. The molecule has 2 aromatic heterocycles. The zero-order valence-electron chi connectivity index (χ0n) is 21.2. The number of amidine groups is 2. The van der Waals surface area contributed by atoms with Crippen molar-refractivity contribution in [3.05, 3.63) is 81.5 Å². The molecule has 0 radical (unpaired) electrons. The Labute approximate surface area is 245 Å². The number of para-hydroxylation sites is 4. The van der Waals surface area contributed by atoms with Gasteiger partial charge in [-0.3, -0.25) is 0 Å². The highest BCUT2D eigenvalue weighted by Crippen LogP contribution is 2.39. The van der Waals surface area contributed by atoms with Crippen molar-refractivity contribution in [3.8, 4) is 0 Å². The fourth-order valence-electron chi connectivity index (χ4n) is 4.65. The Morgan fingerprint density at radius 3 is 1.92 bits per heavy atom. The molecule has 7 rings (SSSR count). The lowest BCUT2D eigenvalue weighted by Crippen LogP contribution is -2.46. The largest absolute Gasteiger partial charge is 0.383 e. The highest BCUT2D eigenvalue weighted by Gasteiger charge is 2.24. The summed E-state index contributed by atoms with van der Waals surface area (Å²) in [6.45, 7) is 8.28. The van der Waals surface area contributed by atoms with Crippen LogP contribution >= 0.6 is 35.1 Å². The minimum Gasteiger partial charge on any atom is -0.383 e. The molecule has 4 aromatic rings. The number of aryl methyl sites for hydroxylation is 2. The number of fused-ring (bicyclic) bond motifs is 4. The van der Waals surface area contributed by atoms with E-state index in [1.54, 1.807) is 22.7 Å². The number of rotatable bonds is 0. The van der Waals surface area contributed by atoms with Crippen molar-refractivity contribution in [2.24, 2.45) is 15.7 Å². The van der Waals surface area contributed by atoms with E-state index in [-0.39, 0.29) is 21.3 Å². The number of nitrogens with one attached hydrogen (secondary N) is 3. The van der Waals surface area contributed by atoms with Crippen molar-refractivity contribution < 1.29 is 1.43 Å². The monoisotopic (exact) mass is 582 g/mol. The van der Waals surface area contributed by atoms with Crippen LogP contribution in [0.3, 0.4) is 0 Å². The van der Waals surface area contributed by atoms with E-state index in [1.165, 1.54) is 20.3 Å². The molecule has 39 heavy (non-hydrogen) atoms. The van der Waals surface area contributed by atoms with Crippen LogP contribution in [-0.2, 0) is 0 Å². The number of piperazine rings is 1. The highest BCUT2D eigenvalue weighted by atomic mass is 35.5. The lowest BCUT2D eigenvalue weighted by molar-refractivity contribution is 0.358. The normalized spacial score (nSPS) is 14.8. The summed E-state index contributed by atoms with van der Waals surface area (Å²) >= 11 is 3.50. The number of thiophene rings is 2. The maximum Gasteiger partial charge on any atom is 0.139 e. The third kappa shape index (κ3) is 5.96. The molecule has 1 saturated heterocycles. The van der Waals surface area contributed by atoms with Gasteiger partial charge in [-0.15, -0.1) is 35.1 Å². The number of hydrogen-bond acceptors (Lipinski definition) is 9. The highest BCUT2D eigenvalue weighted by molar-refractivity contribution is 7.17. The Hall–Kier alpha value is -3.37. The molecule has 0 atom stereocenters. The summed E-state index contributed by atoms with van der Waals surface area (Å²) in [5, 5.41) is 12.6. The molecule has 5 heterocycles. The van der Waals surface area contributed by atoms with Crippen molar-refractivity contribution >= 4 is 79.5 Å². The van der Waals surface area contributed by atoms with Crippen molar-refractivity contribution in [1.29, 1.82) is 0 Å². The van der Waals surface area contributed by atoms with Crippen LogP contribution in [0.2, 0.25) is 0 Å². The molecule has 0 spiro atoms. The molecular formula is C29H36ClN7S2. The summed E-state index contributed by atoms with van der Waals surface area (Å²) < 4.78 is 0. The Kier molecular flexibility index (Phi) is 8.97. The van der Waals surface area contributed by atoms with Gasteiger partial charge in [0.25, 0.3) is 0 Å². The maximum absolute atomic E-state index is 5.99. The number of nitrogens with two attached hydrogens (primary N) is 1. The first-order valence-corrected chi connectivity index (χ1v) is 14.0. The molecule has 0 unspecified atom stereocenters. The average molecular weight is 583 g/mol. The van der Waals surface area contributed by atoms with Crippen LogP contribution in [0.4, 0.5) is 32.8 Å². The van der Waals surface area contributed by atoms with Gasteiger partial charge in [0.05, 0.1) is 33.9 Å². The molecule has 0 saturated carbocycles. The summed E-state index contributed by atoms with van der Waals surface area (Å²) in [7, 11) is 0. The zero-order chi connectivity index (χ0) is 25.4. The van der Waals surface area contributed by atoms with Gasteiger partial charge >= 0.3 is 0 Å². The fraction of sp³-hybridized carbons (Fsp3) is 0.241. The lowest BCUT2D eigenvalue weighted by Gasteiger charge is -2.30. The number of benzene rings is 2. The van der Waals surface area contributed by atoms with Crippen LogP contribution in [0, 0.1) is 13.8 Å². The van der Waals surface area contributed by atoms with Crippen LogP contribution in [0.5, 0.6) is 0 Å². The molecule has 0 amide bonds. The summed E-state index contributed by atoms with van der Waals surface area (Å²) in [6.07, 6.45) is 0. The van der Waals surface area contributed by atoms with E-state index in [0.29, 0.717) is 5.84 Å². The molecule has 7 nitrogen and oxygen atoms in total. The van der Waals surface area contributed by atoms with E-state index < -0.39 is 0 Å². The quantitative estimate of drug-likeness (QED) is 0.172. The molecule has 0 bridgehead atoms. The van der Waals surface area contributed by atoms with Crippen molar-refractivity contribution in [1.82, 2.24) is 10.2 Å². The zero-order valence-corrected chi connectivity index (χ0v) is 23.7. The topological polar surface area (TPSA) is 90.1 Å². The molecule has 206 valence electrons. The summed E-state index contributed by atoms with van der Waals surface area (Å²) in [5.41, 5.74) is 12.2. The van der Waals surface area contributed by atoms with Gasteiger partial charge in [-0.25, -0.2) is 9.98 Å². The predicted molar refractivity (Wildman–Crippen MR) is 175 cm³/mol. The molecule has 3 aliphatic heterocycles. The van der Waals surface area contributed by atoms with Crippen molar-refractivity contribution in [3.63, 3.8) is 0 Å². The predicted octanol–water partition coefficient (Wildman–Crippen LogP) is 7.55. The van der Waals surface area contributed by atoms with Gasteiger partial charge in [-0.1, -0.05) is 31.7 Å². The van der Waals surface area contributed by atoms with Gasteiger partial charge < -0.3 is 26.6 Å². The van der Waals surface area contributed by atoms with Crippen LogP contribution in [-0.4, -0.2) is 42.8 Å². The van der Waals surface area contributed by atoms with Crippen LogP contribution < -0.4 is 21.7 Å². The summed E-state index contributed by atoms with van der Waals surface area (Å²) in [6, 6.07) is 20.5. The van der Waals surface area contributed by atoms with Gasteiger partial charge in [0.15, 0.2) is 0 Å². The van der Waals surface area contributed by atoms with Gasteiger partial charge in [0.2, 0.25) is 0 Å². The van der Waals surface area contributed by atoms with E-state index in [2.05, 4.69) is 70.0 Å². The number of aliphatic imine (C=N–C) groups is 2. The summed E-state index contributed by atoms with van der Waals surface area (Å²) in [4.78, 5) is 14.3. The number of anilines is 4. The molecule has 3 aliphatic rings. The SMILES string of the molecule is C.Cc1cc2c(s1)Nc1ccccc1N=C2N.Cc1cc2c(s1)Nc1ccccc1N=C2N1CCNCC1.Cl.[2HH]. The van der Waals surface area contributed by atoms with Crippen LogP contribution in [0.15, 0.2) is 70.6 Å². The van der Waals surface area contributed by atoms with Crippen LogP contribution in [0.25, 0.3) is 0 Å².